The maximum atomic E-state index is 13.0. The van der Waals surface area contributed by atoms with Gasteiger partial charge in [-0.1, -0.05) is 19.1 Å². The summed E-state index contributed by atoms with van der Waals surface area (Å²) in [6.07, 6.45) is 1.98. The molecule has 4 aromatic rings. The van der Waals surface area contributed by atoms with Gasteiger partial charge in [0.25, 0.3) is 0 Å². The Hall–Kier alpha value is -4.13. The van der Waals surface area contributed by atoms with Crippen LogP contribution < -0.4 is 14.9 Å². The Balaban J connectivity index is 1.46. The van der Waals surface area contributed by atoms with Crippen LogP contribution in [0.5, 0.6) is 17.2 Å². The molecule has 0 unspecified atom stereocenters. The Morgan fingerprint density at radius 3 is 2.42 bits per heavy atom. The van der Waals surface area contributed by atoms with E-state index in [2.05, 4.69) is 0 Å². The van der Waals surface area contributed by atoms with Gasteiger partial charge in [0.1, 0.15) is 35.8 Å². The van der Waals surface area contributed by atoms with Crippen molar-refractivity contribution in [2.24, 2.45) is 0 Å². The van der Waals surface area contributed by atoms with E-state index in [1.807, 2.05) is 6.92 Å². The number of hydrogen-bond acceptors (Lipinski definition) is 6. The van der Waals surface area contributed by atoms with E-state index in [1.54, 1.807) is 54.6 Å². The highest BCUT2D eigenvalue weighted by Gasteiger charge is 2.12. The molecular weight excluding hydrogens is 427 g/mol. The second-order valence-corrected chi connectivity index (χ2v) is 7.26. The van der Waals surface area contributed by atoms with E-state index in [-0.39, 0.29) is 23.6 Å². The summed E-state index contributed by atoms with van der Waals surface area (Å²) in [5.74, 6) is 0.187. The summed E-state index contributed by atoms with van der Waals surface area (Å²) in [6.45, 7) is 2.52. The normalized spacial score (nSPS) is 10.7. The summed E-state index contributed by atoms with van der Waals surface area (Å²) in [4.78, 5) is 24.7. The molecule has 7 heteroatoms. The number of carbonyl (C=O) groups excluding carboxylic acids is 1. The number of carbonyl (C=O) groups is 1. The number of hydrogen-bond donors (Lipinski definition) is 0. The summed E-state index contributed by atoms with van der Waals surface area (Å²) in [5.41, 5.74) is 1.21. The van der Waals surface area contributed by atoms with Gasteiger partial charge in [-0.25, -0.2) is 9.18 Å². The Morgan fingerprint density at radius 2 is 1.70 bits per heavy atom. The van der Waals surface area contributed by atoms with E-state index >= 15 is 0 Å². The molecule has 0 spiro atoms. The van der Waals surface area contributed by atoms with E-state index in [0.29, 0.717) is 34.6 Å². The highest BCUT2D eigenvalue weighted by atomic mass is 19.1. The number of fused-ring (bicyclic) bond motifs is 1. The summed E-state index contributed by atoms with van der Waals surface area (Å²) < 4.78 is 35.0. The fourth-order valence-electron chi connectivity index (χ4n) is 3.06. The monoisotopic (exact) mass is 448 g/mol. The third kappa shape index (κ3) is 5.38. The van der Waals surface area contributed by atoms with E-state index in [4.69, 9.17) is 18.6 Å². The minimum atomic E-state index is -0.411. The average molecular weight is 448 g/mol. The Morgan fingerprint density at radius 1 is 0.970 bits per heavy atom. The highest BCUT2D eigenvalue weighted by molar-refractivity contribution is 5.89. The van der Waals surface area contributed by atoms with Gasteiger partial charge in [-0.05, 0) is 60.5 Å². The lowest BCUT2D eigenvalue weighted by molar-refractivity contribution is 0.0505. The fraction of sp³-hybridized carbons (Fsp3) is 0.154. The van der Waals surface area contributed by atoms with Gasteiger partial charge in [0.15, 0.2) is 0 Å². The lowest BCUT2D eigenvalue weighted by Crippen LogP contribution is -2.06. The fourth-order valence-corrected chi connectivity index (χ4v) is 3.06. The van der Waals surface area contributed by atoms with E-state index in [0.717, 1.165) is 12.0 Å². The first-order valence-electron chi connectivity index (χ1n) is 10.4. The van der Waals surface area contributed by atoms with Gasteiger partial charge < -0.3 is 18.6 Å². The molecule has 6 nitrogen and oxygen atoms in total. The molecule has 0 fully saturated rings. The molecule has 0 radical (unpaired) electrons. The van der Waals surface area contributed by atoms with Gasteiger partial charge in [-0.2, -0.15) is 0 Å². The van der Waals surface area contributed by atoms with Crippen LogP contribution in [0, 0.1) is 5.82 Å². The van der Waals surface area contributed by atoms with Crippen LogP contribution in [0.2, 0.25) is 0 Å². The summed E-state index contributed by atoms with van der Waals surface area (Å²) in [6, 6.07) is 17.2. The zero-order chi connectivity index (χ0) is 23.2. The summed E-state index contributed by atoms with van der Waals surface area (Å²) in [7, 11) is 0. The highest BCUT2D eigenvalue weighted by Crippen LogP contribution is 2.25. The third-order valence-electron chi connectivity index (χ3n) is 4.79. The van der Waals surface area contributed by atoms with Crippen molar-refractivity contribution in [1.29, 1.82) is 0 Å². The SMILES string of the molecule is CCCOC(=O)c1ccc(Oc2coc3cc(OCc4ccc(F)cc4)ccc3c2=O)cc1. The van der Waals surface area contributed by atoms with Crippen molar-refractivity contribution in [1.82, 2.24) is 0 Å². The van der Waals surface area contributed by atoms with Crippen LogP contribution in [0.1, 0.15) is 29.3 Å². The van der Waals surface area contributed by atoms with Crippen molar-refractivity contribution in [2.75, 3.05) is 6.61 Å². The first-order chi connectivity index (χ1) is 16.0. The minimum Gasteiger partial charge on any atom is -0.489 e. The van der Waals surface area contributed by atoms with Crippen molar-refractivity contribution in [3.63, 3.8) is 0 Å². The first-order valence-corrected chi connectivity index (χ1v) is 10.4. The maximum Gasteiger partial charge on any atom is 0.338 e. The molecule has 0 aliphatic carbocycles. The van der Waals surface area contributed by atoms with Crippen molar-refractivity contribution >= 4 is 16.9 Å². The average Bonchev–Trinajstić information content (AvgIpc) is 2.84. The van der Waals surface area contributed by atoms with Gasteiger partial charge >= 0.3 is 5.97 Å². The van der Waals surface area contributed by atoms with Gasteiger partial charge in [-0.15, -0.1) is 0 Å². The van der Waals surface area contributed by atoms with Crippen LogP contribution in [0.15, 0.2) is 82.2 Å². The molecule has 3 aromatic carbocycles. The van der Waals surface area contributed by atoms with Crippen LogP contribution in [0.25, 0.3) is 11.0 Å². The molecule has 0 aliphatic heterocycles. The molecule has 0 atom stereocenters. The molecule has 0 amide bonds. The predicted octanol–water partition coefficient (Wildman–Crippen LogP) is 5.87. The third-order valence-corrected chi connectivity index (χ3v) is 4.79. The zero-order valence-electron chi connectivity index (χ0n) is 17.9. The Bertz CT molecular complexity index is 1310. The Kier molecular flexibility index (Phi) is 6.69. The minimum absolute atomic E-state index is 0.0174. The van der Waals surface area contributed by atoms with Crippen LogP contribution in [-0.2, 0) is 11.3 Å². The molecule has 4 rings (SSSR count). The maximum absolute atomic E-state index is 13.0. The molecule has 0 saturated carbocycles. The second-order valence-electron chi connectivity index (χ2n) is 7.26. The number of esters is 1. The van der Waals surface area contributed by atoms with Gasteiger partial charge in [0.2, 0.25) is 11.2 Å². The lowest BCUT2D eigenvalue weighted by atomic mass is 10.2. The smallest absolute Gasteiger partial charge is 0.338 e. The summed E-state index contributed by atoms with van der Waals surface area (Å²) >= 11 is 0. The predicted molar refractivity (Wildman–Crippen MR) is 120 cm³/mol. The second kappa shape index (κ2) is 9.99. The lowest BCUT2D eigenvalue weighted by Gasteiger charge is -2.09. The van der Waals surface area contributed by atoms with Crippen molar-refractivity contribution in [3.8, 4) is 17.2 Å². The Labute approximate surface area is 189 Å². The van der Waals surface area contributed by atoms with Gasteiger partial charge in [-0.3, -0.25) is 4.79 Å². The molecule has 0 N–H and O–H groups in total. The molecule has 0 bridgehead atoms. The largest absolute Gasteiger partial charge is 0.489 e. The molecule has 1 aromatic heterocycles. The zero-order valence-corrected chi connectivity index (χ0v) is 17.9. The number of benzene rings is 3. The van der Waals surface area contributed by atoms with Crippen molar-refractivity contribution in [2.45, 2.75) is 20.0 Å². The quantitative estimate of drug-likeness (QED) is 0.314. The number of ether oxygens (including phenoxy) is 3. The van der Waals surface area contributed by atoms with Gasteiger partial charge in [0, 0.05) is 6.07 Å². The first kappa shape index (κ1) is 22.1. The topological polar surface area (TPSA) is 75.0 Å². The van der Waals surface area contributed by atoms with Gasteiger partial charge in [0.05, 0.1) is 17.6 Å². The number of halogens is 1. The molecule has 0 aliphatic rings. The van der Waals surface area contributed by atoms with E-state index < -0.39 is 5.97 Å². The molecule has 168 valence electrons. The van der Waals surface area contributed by atoms with Crippen LogP contribution in [-0.4, -0.2) is 12.6 Å². The van der Waals surface area contributed by atoms with E-state index in [9.17, 15) is 14.0 Å². The molecule has 0 saturated heterocycles. The van der Waals surface area contributed by atoms with Crippen molar-refractivity contribution < 1.29 is 27.8 Å². The molecular formula is C26H21FO6. The van der Waals surface area contributed by atoms with Crippen LogP contribution >= 0.6 is 0 Å². The standard InChI is InChI=1S/C26H21FO6/c1-2-13-30-26(29)18-5-9-20(10-6-18)33-24-16-32-23-14-21(11-12-22(23)25(24)28)31-15-17-3-7-19(27)8-4-17/h3-12,14,16H,2,13,15H2,1H3. The van der Waals surface area contributed by atoms with Crippen LogP contribution in [0.4, 0.5) is 4.39 Å². The molecule has 33 heavy (non-hydrogen) atoms. The summed E-state index contributed by atoms with van der Waals surface area (Å²) in [5, 5.41) is 0.335. The number of rotatable bonds is 8. The van der Waals surface area contributed by atoms with Crippen molar-refractivity contribution in [3.05, 3.63) is 100 Å². The molecule has 1 heterocycles. The van der Waals surface area contributed by atoms with Crippen LogP contribution in [0.3, 0.4) is 0 Å². The van der Waals surface area contributed by atoms with E-state index in [1.165, 1.54) is 18.4 Å².